The molecular formula is C76H133NO10. The Morgan fingerprint density at radius 2 is 0.828 bits per heavy atom. The molecule has 1 amide bonds. The zero-order chi connectivity index (χ0) is 63.1. The maximum absolute atomic E-state index is 13.5. The maximum atomic E-state index is 13.5. The molecule has 11 nitrogen and oxygen atoms in total. The molecule has 8 unspecified atom stereocenters. The fourth-order valence-electron chi connectivity index (χ4n) is 10.8. The summed E-state index contributed by atoms with van der Waals surface area (Å²) >= 11 is 0. The molecule has 0 bridgehead atoms. The third-order valence-corrected chi connectivity index (χ3v) is 16.5. The molecule has 11 heteroatoms. The zero-order valence-corrected chi connectivity index (χ0v) is 55.9. The monoisotopic (exact) mass is 1220 g/mol. The van der Waals surface area contributed by atoms with Gasteiger partial charge in [0.2, 0.25) is 5.91 Å². The minimum absolute atomic E-state index is 0.116. The molecule has 502 valence electrons. The van der Waals surface area contributed by atoms with E-state index in [0.717, 1.165) is 109 Å². The summed E-state index contributed by atoms with van der Waals surface area (Å²) in [5, 5.41) is 57.2. The van der Waals surface area contributed by atoms with Crippen molar-refractivity contribution in [2.45, 2.75) is 359 Å². The van der Waals surface area contributed by atoms with Crippen LogP contribution in [0.25, 0.3) is 0 Å². The van der Waals surface area contributed by atoms with E-state index in [2.05, 4.69) is 111 Å². The number of esters is 1. The molecule has 1 aliphatic rings. The lowest BCUT2D eigenvalue weighted by Gasteiger charge is -2.41. The zero-order valence-electron chi connectivity index (χ0n) is 55.9. The molecule has 6 N–H and O–H groups in total. The summed E-state index contributed by atoms with van der Waals surface area (Å²) in [6.45, 7) is 5.67. The van der Waals surface area contributed by atoms with E-state index >= 15 is 0 Å². The van der Waals surface area contributed by atoms with Crippen molar-refractivity contribution in [3.05, 3.63) is 97.2 Å². The lowest BCUT2D eigenvalue weighted by atomic mass is 9.99. The van der Waals surface area contributed by atoms with Crippen molar-refractivity contribution in [2.75, 3.05) is 13.2 Å². The second-order valence-electron chi connectivity index (χ2n) is 24.6. The van der Waals surface area contributed by atoms with Gasteiger partial charge in [-0.2, -0.15) is 0 Å². The number of carbonyl (C=O) groups excluding carboxylic acids is 2. The van der Waals surface area contributed by atoms with E-state index < -0.39 is 67.4 Å². The van der Waals surface area contributed by atoms with Crippen LogP contribution in [0, 0.1) is 0 Å². The van der Waals surface area contributed by atoms with Crippen LogP contribution in [0.2, 0.25) is 0 Å². The van der Waals surface area contributed by atoms with Crippen LogP contribution in [0.15, 0.2) is 97.2 Å². The molecular weight excluding hydrogens is 1090 g/mol. The van der Waals surface area contributed by atoms with Gasteiger partial charge in [0, 0.05) is 6.42 Å². The summed E-state index contributed by atoms with van der Waals surface area (Å²) in [6, 6.07) is -1.03. The number of carbonyl (C=O) groups is 2. The number of allylic oxidation sites excluding steroid dienone is 15. The summed E-state index contributed by atoms with van der Waals surface area (Å²) in [7, 11) is 0. The van der Waals surface area contributed by atoms with E-state index in [1.165, 1.54) is 154 Å². The number of ether oxygens (including phenoxy) is 3. The Hall–Kier alpha value is -3.42. The van der Waals surface area contributed by atoms with Crippen LogP contribution in [0.3, 0.4) is 0 Å². The summed E-state index contributed by atoms with van der Waals surface area (Å²) in [5.74, 6) is -1.20. The maximum Gasteiger partial charge on any atom is 0.306 e. The number of unbranched alkanes of at least 4 members (excludes halogenated alkanes) is 33. The molecule has 0 aromatic heterocycles. The minimum Gasteiger partial charge on any atom is -0.454 e. The van der Waals surface area contributed by atoms with Gasteiger partial charge >= 0.3 is 5.97 Å². The van der Waals surface area contributed by atoms with Crippen LogP contribution in [0.5, 0.6) is 0 Å². The molecule has 8 atom stereocenters. The molecule has 0 radical (unpaired) electrons. The van der Waals surface area contributed by atoms with Crippen LogP contribution in [0.4, 0.5) is 0 Å². The Balaban J connectivity index is 2.54. The highest BCUT2D eigenvalue weighted by Gasteiger charge is 2.47. The van der Waals surface area contributed by atoms with Crippen LogP contribution in [0.1, 0.15) is 310 Å². The quantitative estimate of drug-likeness (QED) is 0.0195. The van der Waals surface area contributed by atoms with E-state index in [0.29, 0.717) is 12.8 Å². The Morgan fingerprint density at radius 3 is 1.26 bits per heavy atom. The molecule has 87 heavy (non-hydrogen) atoms. The van der Waals surface area contributed by atoms with Crippen LogP contribution < -0.4 is 5.32 Å². The second kappa shape index (κ2) is 62.8. The van der Waals surface area contributed by atoms with Gasteiger partial charge in [-0.15, -0.1) is 0 Å². The van der Waals surface area contributed by atoms with Crippen molar-refractivity contribution in [1.82, 2.24) is 5.32 Å². The fraction of sp³-hybridized carbons (Fsp3) is 0.763. The normalized spacial score (nSPS) is 18.8. The van der Waals surface area contributed by atoms with E-state index in [-0.39, 0.29) is 19.4 Å². The first-order valence-electron chi connectivity index (χ1n) is 36.0. The molecule has 1 rings (SSSR count). The van der Waals surface area contributed by atoms with Gasteiger partial charge in [0.05, 0.1) is 25.4 Å². The van der Waals surface area contributed by atoms with Gasteiger partial charge in [-0.1, -0.05) is 298 Å². The van der Waals surface area contributed by atoms with Gasteiger partial charge in [0.25, 0.3) is 0 Å². The Labute approximate surface area is 533 Å². The van der Waals surface area contributed by atoms with Crippen molar-refractivity contribution >= 4 is 11.9 Å². The Kier molecular flexibility index (Phi) is 58.9. The molecule has 1 heterocycles. The highest BCUT2D eigenvalue weighted by Crippen LogP contribution is 2.26. The number of hydrogen-bond acceptors (Lipinski definition) is 10. The lowest BCUT2D eigenvalue weighted by Crippen LogP contribution is -2.61. The van der Waals surface area contributed by atoms with Crippen LogP contribution >= 0.6 is 0 Å². The molecule has 1 fully saturated rings. The van der Waals surface area contributed by atoms with Gasteiger partial charge in [-0.05, 0) is 103 Å². The predicted octanol–water partition coefficient (Wildman–Crippen LogP) is 18.6. The minimum atomic E-state index is -1.62. The third-order valence-electron chi connectivity index (χ3n) is 16.5. The molecule has 0 aromatic carbocycles. The largest absolute Gasteiger partial charge is 0.454 e. The number of nitrogens with one attached hydrogen (secondary N) is 1. The first-order chi connectivity index (χ1) is 42.7. The average Bonchev–Trinajstić information content (AvgIpc) is 2.93. The van der Waals surface area contributed by atoms with Crippen molar-refractivity contribution in [1.29, 1.82) is 0 Å². The highest BCUT2D eigenvalue weighted by atomic mass is 16.7. The molecule has 1 aliphatic heterocycles. The van der Waals surface area contributed by atoms with Crippen molar-refractivity contribution in [3.8, 4) is 0 Å². The fourth-order valence-corrected chi connectivity index (χ4v) is 10.8. The smallest absolute Gasteiger partial charge is 0.306 e. The van der Waals surface area contributed by atoms with Gasteiger partial charge < -0.3 is 45.1 Å². The number of amides is 1. The lowest BCUT2D eigenvalue weighted by molar-refractivity contribution is -0.305. The topological polar surface area (TPSA) is 175 Å². The molecule has 0 spiro atoms. The SMILES string of the molecule is CC/C=C\C/C=C\C/C=C\C/C=C\C/C=C\CCCCCCCCCCCCCC(=O)OC1C(OCC(NC(=O)C(O)CCCCCCCCCCCC/C=C\C/C=C\CCCCC)C(O)/C=C/CCCCCCCCCCC)OC(CO)C(O)C1O. The number of aliphatic hydroxyl groups excluding tert-OH is 5. The first-order valence-corrected chi connectivity index (χ1v) is 36.0. The summed E-state index contributed by atoms with van der Waals surface area (Å²) in [4.78, 5) is 26.7. The number of hydrogen-bond donors (Lipinski definition) is 6. The molecule has 0 saturated carbocycles. The summed E-state index contributed by atoms with van der Waals surface area (Å²) in [6.07, 6.45) is 74.5. The molecule has 0 aromatic rings. The van der Waals surface area contributed by atoms with Crippen LogP contribution in [-0.4, -0.2) is 99.6 Å². The Bertz CT molecular complexity index is 1790. The van der Waals surface area contributed by atoms with Gasteiger partial charge in [-0.25, -0.2) is 0 Å². The van der Waals surface area contributed by atoms with Crippen molar-refractivity contribution in [2.24, 2.45) is 0 Å². The first kappa shape index (κ1) is 81.6. The van der Waals surface area contributed by atoms with Crippen molar-refractivity contribution in [3.63, 3.8) is 0 Å². The van der Waals surface area contributed by atoms with E-state index in [1.54, 1.807) is 6.08 Å². The van der Waals surface area contributed by atoms with Gasteiger partial charge in [0.1, 0.15) is 24.4 Å². The Morgan fingerprint density at radius 1 is 0.460 bits per heavy atom. The van der Waals surface area contributed by atoms with E-state index in [1.807, 2.05) is 6.08 Å². The van der Waals surface area contributed by atoms with E-state index in [9.17, 15) is 35.1 Å². The van der Waals surface area contributed by atoms with Gasteiger partial charge in [-0.3, -0.25) is 9.59 Å². The third kappa shape index (κ3) is 50.0. The molecule has 1 saturated heterocycles. The molecule has 0 aliphatic carbocycles. The van der Waals surface area contributed by atoms with Gasteiger partial charge in [0.15, 0.2) is 12.4 Å². The van der Waals surface area contributed by atoms with Crippen molar-refractivity contribution < 1.29 is 49.3 Å². The average molecular weight is 1220 g/mol. The standard InChI is InChI=1S/C76H133NO10/c1-4-7-10-13-16-19-22-24-26-28-30-32-33-34-35-36-37-38-40-42-44-46-49-52-55-58-61-64-71(81)87-74-73(83)72(82)70(65-78)86-76(74)85-66-67(68(79)62-59-56-53-50-47-21-18-15-12-9-6-3)77-75(84)69(80)63-60-57-54-51-48-45-43-41-39-31-29-27-25-23-20-17-14-11-8-5-2/h7,10,16-17,19-20,24-27,30,32,34-35,59,62,67-70,72-74,76,78-80,82-83H,4-6,8-9,11-15,18,21-23,28-29,31,33,36-58,60-61,63-66H2,1-3H3,(H,77,84)/b10-7-,19-16-,20-17-,26-24-,27-25-,32-30-,35-34-,62-59+. The van der Waals surface area contributed by atoms with E-state index in [4.69, 9.17) is 14.2 Å². The summed E-state index contributed by atoms with van der Waals surface area (Å²) < 4.78 is 17.7. The number of aliphatic hydroxyl groups is 5. The predicted molar refractivity (Wildman–Crippen MR) is 365 cm³/mol. The second-order valence-corrected chi connectivity index (χ2v) is 24.6. The number of rotatable bonds is 61. The highest BCUT2D eigenvalue weighted by molar-refractivity contribution is 5.80. The summed E-state index contributed by atoms with van der Waals surface area (Å²) in [5.41, 5.74) is 0. The van der Waals surface area contributed by atoms with Crippen LogP contribution in [-0.2, 0) is 23.8 Å².